The van der Waals surface area contributed by atoms with Crippen LogP contribution in [0.5, 0.6) is 0 Å². The molecule has 3 aromatic rings. The number of benzene rings is 2. The maximum absolute atomic E-state index is 6.49. The molecule has 1 heterocycles. The van der Waals surface area contributed by atoms with Gasteiger partial charge >= 0.3 is 0 Å². The second kappa shape index (κ2) is 11.8. The maximum atomic E-state index is 6.49. The zero-order valence-corrected chi connectivity index (χ0v) is 19.6. The molecule has 0 bridgehead atoms. The van der Waals surface area contributed by atoms with Gasteiger partial charge in [-0.1, -0.05) is 75.4 Å². The number of imidazole rings is 1. The second-order valence-electron chi connectivity index (χ2n) is 7.32. The first-order chi connectivity index (χ1) is 13.2. The Labute approximate surface area is 189 Å². The topological polar surface area (TPSA) is 8.81 Å². The van der Waals surface area contributed by atoms with Crippen LogP contribution in [0.3, 0.4) is 0 Å². The summed E-state index contributed by atoms with van der Waals surface area (Å²) < 4.78 is 4.12. The third-order valence-electron chi connectivity index (χ3n) is 5.12. The number of rotatable bonds is 10. The highest BCUT2D eigenvalue weighted by Crippen LogP contribution is 2.21. The second-order valence-corrected chi connectivity index (χ2v) is 8.04. The van der Waals surface area contributed by atoms with Crippen LogP contribution >= 0.6 is 23.2 Å². The molecule has 0 atom stereocenters. The van der Waals surface area contributed by atoms with Gasteiger partial charge in [0.1, 0.15) is 6.54 Å². The van der Waals surface area contributed by atoms with E-state index >= 15 is 0 Å². The van der Waals surface area contributed by atoms with Crippen molar-refractivity contribution in [1.82, 2.24) is 4.57 Å². The standard InChI is InChI=1S/C23H29Cl2N2.BrH/c1-2-3-4-5-6-7-10-15-26-18-27(23(25)22(26)24)17-19-13-14-20-11-8-9-12-21(20)16-19;/h8-9,11-14,16,18H,2-7,10,15,17H2,1H3;1H/q+1;/p-1. The predicted octanol–water partition coefficient (Wildman–Crippen LogP) is 4.04. The molecular weight excluding hydrogens is 455 g/mol. The number of fused-ring (bicyclic) bond motifs is 1. The molecule has 0 aliphatic heterocycles. The summed E-state index contributed by atoms with van der Waals surface area (Å²) in [6.07, 6.45) is 11.1. The van der Waals surface area contributed by atoms with E-state index in [1.807, 2.05) is 4.57 Å². The Kier molecular flexibility index (Phi) is 9.84. The van der Waals surface area contributed by atoms with E-state index in [0.29, 0.717) is 10.3 Å². The lowest BCUT2D eigenvalue weighted by atomic mass is 10.1. The van der Waals surface area contributed by atoms with Gasteiger partial charge in [0.05, 0.1) is 6.54 Å². The summed E-state index contributed by atoms with van der Waals surface area (Å²) in [5.41, 5.74) is 1.23. The fraction of sp³-hybridized carbons (Fsp3) is 0.435. The summed E-state index contributed by atoms with van der Waals surface area (Å²) in [6, 6.07) is 15.0. The van der Waals surface area contributed by atoms with Gasteiger partial charge in [-0.3, -0.25) is 0 Å². The first-order valence-corrected chi connectivity index (χ1v) is 10.9. The molecule has 1 aromatic heterocycles. The van der Waals surface area contributed by atoms with Crippen molar-refractivity contribution in [1.29, 1.82) is 0 Å². The Hall–Kier alpha value is -1.03. The Morgan fingerprint density at radius 2 is 1.54 bits per heavy atom. The molecule has 0 amide bonds. The van der Waals surface area contributed by atoms with Crippen molar-refractivity contribution in [3.63, 3.8) is 0 Å². The Morgan fingerprint density at radius 3 is 2.29 bits per heavy atom. The zero-order chi connectivity index (χ0) is 19.1. The van der Waals surface area contributed by atoms with Crippen molar-refractivity contribution in [2.75, 3.05) is 0 Å². The summed E-state index contributed by atoms with van der Waals surface area (Å²) in [5.74, 6) is 0. The van der Waals surface area contributed by atoms with Crippen LogP contribution in [-0.2, 0) is 13.1 Å². The fourth-order valence-corrected chi connectivity index (χ4v) is 3.99. The molecule has 0 N–H and O–H groups in total. The van der Waals surface area contributed by atoms with Gasteiger partial charge in [-0.25, -0.2) is 9.13 Å². The van der Waals surface area contributed by atoms with Crippen LogP contribution < -0.4 is 21.5 Å². The van der Waals surface area contributed by atoms with Crippen molar-refractivity contribution in [2.24, 2.45) is 0 Å². The van der Waals surface area contributed by atoms with Gasteiger partial charge < -0.3 is 17.0 Å². The Bertz CT molecular complexity index is 876. The fourth-order valence-electron chi connectivity index (χ4n) is 3.55. The summed E-state index contributed by atoms with van der Waals surface area (Å²) in [4.78, 5) is 0. The number of nitrogens with zero attached hydrogens (tertiary/aromatic N) is 2. The molecule has 0 radical (unpaired) electrons. The smallest absolute Gasteiger partial charge is 0.255 e. The molecule has 0 aliphatic carbocycles. The van der Waals surface area contributed by atoms with Crippen LogP contribution in [0.15, 0.2) is 48.8 Å². The highest BCUT2D eigenvalue weighted by Gasteiger charge is 2.20. The first-order valence-electron chi connectivity index (χ1n) is 10.1. The lowest BCUT2D eigenvalue weighted by Crippen LogP contribution is -3.00. The highest BCUT2D eigenvalue weighted by atomic mass is 79.9. The van der Waals surface area contributed by atoms with E-state index in [1.165, 1.54) is 54.9 Å². The Balaban J connectivity index is 0.00000280. The number of hydrogen-bond acceptors (Lipinski definition) is 0. The molecule has 0 unspecified atom stereocenters. The minimum Gasteiger partial charge on any atom is -1.00 e. The summed E-state index contributed by atoms with van der Waals surface area (Å²) >= 11 is 13.0. The van der Waals surface area contributed by atoms with Gasteiger partial charge in [-0.05, 0) is 58.4 Å². The Morgan fingerprint density at radius 1 is 0.857 bits per heavy atom. The monoisotopic (exact) mass is 482 g/mol. The average Bonchev–Trinajstić information content (AvgIpc) is 2.95. The number of aryl methyl sites for hydroxylation is 1. The molecule has 0 aliphatic rings. The molecule has 0 spiro atoms. The van der Waals surface area contributed by atoms with Crippen LogP contribution in [-0.4, -0.2) is 4.57 Å². The van der Waals surface area contributed by atoms with Crippen LogP contribution in [0, 0.1) is 0 Å². The lowest BCUT2D eigenvalue weighted by molar-refractivity contribution is -0.685. The van der Waals surface area contributed by atoms with Crippen molar-refractivity contribution >= 4 is 34.0 Å². The molecule has 2 nitrogen and oxygen atoms in total. The molecule has 0 saturated heterocycles. The predicted molar refractivity (Wildman–Crippen MR) is 116 cm³/mol. The van der Waals surface area contributed by atoms with Gasteiger partial charge in [-0.2, -0.15) is 0 Å². The van der Waals surface area contributed by atoms with Gasteiger partial charge in [0.2, 0.25) is 6.33 Å². The molecule has 2 aromatic carbocycles. The molecule has 0 saturated carbocycles. The van der Waals surface area contributed by atoms with Crippen molar-refractivity contribution in [2.45, 2.75) is 65.0 Å². The summed E-state index contributed by atoms with van der Waals surface area (Å²) in [7, 11) is 0. The number of aromatic nitrogens is 2. The molecule has 3 rings (SSSR count). The van der Waals surface area contributed by atoms with Gasteiger partial charge in [0.25, 0.3) is 10.3 Å². The van der Waals surface area contributed by atoms with Crippen molar-refractivity contribution < 1.29 is 21.5 Å². The maximum Gasteiger partial charge on any atom is 0.255 e. The number of hydrogen-bond donors (Lipinski definition) is 0. The molecule has 0 fully saturated rings. The zero-order valence-electron chi connectivity index (χ0n) is 16.5. The quantitative estimate of drug-likeness (QED) is 0.304. The first kappa shape index (κ1) is 23.3. The van der Waals surface area contributed by atoms with Gasteiger partial charge in [0, 0.05) is 0 Å². The van der Waals surface area contributed by atoms with Crippen LogP contribution in [0.2, 0.25) is 10.3 Å². The SMILES string of the molecule is CCCCCCCCCn1c[n+](Cc2ccc3ccccc3c2)c(Cl)c1Cl.[Br-]. The highest BCUT2D eigenvalue weighted by molar-refractivity contribution is 6.39. The molecular formula is C23H29BrCl2N2. The largest absolute Gasteiger partial charge is 1.00 e. The summed E-state index contributed by atoms with van der Waals surface area (Å²) in [6.45, 7) is 3.91. The third kappa shape index (κ3) is 6.23. The van der Waals surface area contributed by atoms with E-state index in [-0.39, 0.29) is 17.0 Å². The van der Waals surface area contributed by atoms with E-state index in [0.717, 1.165) is 19.5 Å². The molecule has 28 heavy (non-hydrogen) atoms. The minimum absolute atomic E-state index is 0. The van der Waals surface area contributed by atoms with E-state index in [1.54, 1.807) is 0 Å². The van der Waals surface area contributed by atoms with E-state index in [2.05, 4.69) is 60.3 Å². The van der Waals surface area contributed by atoms with E-state index in [9.17, 15) is 0 Å². The molecule has 5 heteroatoms. The normalized spacial score (nSPS) is 11.0. The third-order valence-corrected chi connectivity index (χ3v) is 6.01. The van der Waals surface area contributed by atoms with Gasteiger partial charge in [-0.15, -0.1) is 0 Å². The number of unbranched alkanes of at least 4 members (excludes halogenated alkanes) is 6. The minimum atomic E-state index is 0. The van der Waals surface area contributed by atoms with Crippen molar-refractivity contribution in [3.05, 3.63) is 64.7 Å². The van der Waals surface area contributed by atoms with E-state index in [4.69, 9.17) is 23.2 Å². The molecule has 152 valence electrons. The number of halogens is 3. The van der Waals surface area contributed by atoms with E-state index < -0.39 is 0 Å². The summed E-state index contributed by atoms with van der Waals surface area (Å²) in [5, 5.41) is 3.77. The average molecular weight is 484 g/mol. The van der Waals surface area contributed by atoms with Crippen LogP contribution in [0.25, 0.3) is 10.8 Å². The van der Waals surface area contributed by atoms with Crippen LogP contribution in [0.1, 0.15) is 57.4 Å². The van der Waals surface area contributed by atoms with Gasteiger partial charge in [0.15, 0.2) is 0 Å². The van der Waals surface area contributed by atoms with Crippen molar-refractivity contribution in [3.8, 4) is 0 Å². The van der Waals surface area contributed by atoms with Crippen LogP contribution in [0.4, 0.5) is 0 Å². The lowest BCUT2D eigenvalue weighted by Gasteiger charge is -2.02.